The van der Waals surface area contributed by atoms with E-state index >= 15 is 0 Å². The Morgan fingerprint density at radius 3 is 3.07 bits per heavy atom. The van der Waals surface area contributed by atoms with Crippen LogP contribution >= 0.6 is 27.3 Å². The van der Waals surface area contributed by atoms with Gasteiger partial charge in [0.1, 0.15) is 0 Å². The van der Waals surface area contributed by atoms with Crippen molar-refractivity contribution in [3.8, 4) is 0 Å². The van der Waals surface area contributed by atoms with Gasteiger partial charge in [0.15, 0.2) is 0 Å². The number of carbonyl (C=O) groups excluding carboxylic acids is 1. The maximum Gasteiger partial charge on any atom is 0.264 e. The number of rotatable bonds is 3. The Morgan fingerprint density at radius 1 is 1.64 bits per heavy atom. The molecule has 2 nitrogen and oxygen atoms in total. The summed E-state index contributed by atoms with van der Waals surface area (Å²) < 4.78 is 1.06. The van der Waals surface area contributed by atoms with E-state index in [9.17, 15) is 4.79 Å². The standard InChI is InChI=1S/C10H12BrNOS/c1-2-3-4-12-6-7-5-8(11)14-9(7)10(12)13/h5H,2-4,6H2,1H3. The zero-order valence-corrected chi connectivity index (χ0v) is 10.4. The fourth-order valence-corrected chi connectivity index (χ4v) is 3.27. The number of halogens is 1. The third-order valence-electron chi connectivity index (χ3n) is 2.40. The second-order valence-electron chi connectivity index (χ2n) is 3.49. The van der Waals surface area contributed by atoms with E-state index in [0.29, 0.717) is 0 Å². The first-order chi connectivity index (χ1) is 6.72. The van der Waals surface area contributed by atoms with Crippen LogP contribution in [0.2, 0.25) is 0 Å². The lowest BCUT2D eigenvalue weighted by Gasteiger charge is -2.14. The molecule has 1 aromatic heterocycles. The van der Waals surface area contributed by atoms with Crippen molar-refractivity contribution in [2.75, 3.05) is 6.54 Å². The molecule has 0 fully saturated rings. The normalized spacial score (nSPS) is 15.0. The molecule has 0 atom stereocenters. The van der Waals surface area contributed by atoms with Crippen LogP contribution in [-0.2, 0) is 6.54 Å². The number of fused-ring (bicyclic) bond motifs is 1. The van der Waals surface area contributed by atoms with Crippen LogP contribution < -0.4 is 0 Å². The SMILES string of the molecule is CCCCN1Cc2cc(Br)sc2C1=O. The summed E-state index contributed by atoms with van der Waals surface area (Å²) in [6.45, 7) is 3.84. The molecule has 0 unspecified atom stereocenters. The van der Waals surface area contributed by atoms with Gasteiger partial charge in [-0.2, -0.15) is 0 Å². The summed E-state index contributed by atoms with van der Waals surface area (Å²) in [4.78, 5) is 14.7. The first-order valence-electron chi connectivity index (χ1n) is 4.80. The molecule has 1 aliphatic heterocycles. The van der Waals surface area contributed by atoms with Crippen LogP contribution in [0.3, 0.4) is 0 Å². The first kappa shape index (κ1) is 10.2. The van der Waals surface area contributed by atoms with E-state index in [-0.39, 0.29) is 5.91 Å². The van der Waals surface area contributed by atoms with Crippen LogP contribution in [0.25, 0.3) is 0 Å². The highest BCUT2D eigenvalue weighted by Crippen LogP contribution is 2.33. The van der Waals surface area contributed by atoms with Gasteiger partial charge in [-0.05, 0) is 34.0 Å². The summed E-state index contributed by atoms with van der Waals surface area (Å²) in [7, 11) is 0. The number of thiophene rings is 1. The molecule has 0 aromatic carbocycles. The minimum atomic E-state index is 0.212. The van der Waals surface area contributed by atoms with Gasteiger partial charge < -0.3 is 4.90 Å². The molecule has 0 saturated heterocycles. The summed E-state index contributed by atoms with van der Waals surface area (Å²) in [6.07, 6.45) is 2.24. The third kappa shape index (κ3) is 1.73. The van der Waals surface area contributed by atoms with E-state index in [4.69, 9.17) is 0 Å². The Bertz CT molecular complexity index is 361. The first-order valence-corrected chi connectivity index (χ1v) is 6.40. The Hall–Kier alpha value is -0.350. The highest BCUT2D eigenvalue weighted by Gasteiger charge is 2.28. The lowest BCUT2D eigenvalue weighted by atomic mass is 10.3. The van der Waals surface area contributed by atoms with E-state index in [1.807, 2.05) is 4.90 Å². The predicted molar refractivity (Wildman–Crippen MR) is 61.7 cm³/mol. The number of carbonyl (C=O) groups is 1. The van der Waals surface area contributed by atoms with Gasteiger partial charge in [-0.1, -0.05) is 13.3 Å². The number of hydrogen-bond acceptors (Lipinski definition) is 2. The maximum atomic E-state index is 11.8. The van der Waals surface area contributed by atoms with E-state index < -0.39 is 0 Å². The average Bonchev–Trinajstić information content (AvgIpc) is 2.63. The van der Waals surface area contributed by atoms with Gasteiger partial charge in [-0.25, -0.2) is 0 Å². The lowest BCUT2D eigenvalue weighted by molar-refractivity contribution is 0.0779. The van der Waals surface area contributed by atoms with Gasteiger partial charge in [-0.15, -0.1) is 11.3 Å². The van der Waals surface area contributed by atoms with Crippen LogP contribution in [0.4, 0.5) is 0 Å². The molecule has 2 rings (SSSR count). The van der Waals surface area contributed by atoms with Crippen LogP contribution in [-0.4, -0.2) is 17.4 Å². The van der Waals surface area contributed by atoms with E-state index in [0.717, 1.165) is 34.6 Å². The maximum absolute atomic E-state index is 11.8. The zero-order valence-electron chi connectivity index (χ0n) is 8.05. The van der Waals surface area contributed by atoms with Crippen molar-refractivity contribution in [3.05, 3.63) is 20.3 Å². The molecule has 76 valence electrons. The minimum absolute atomic E-state index is 0.212. The van der Waals surface area contributed by atoms with E-state index in [2.05, 4.69) is 28.9 Å². The fraction of sp³-hybridized carbons (Fsp3) is 0.500. The predicted octanol–water partition coefficient (Wildman–Crippen LogP) is 3.27. The quantitative estimate of drug-likeness (QED) is 0.828. The second kappa shape index (κ2) is 4.03. The van der Waals surface area contributed by atoms with Crippen LogP contribution in [0.15, 0.2) is 9.85 Å². The molecule has 0 bridgehead atoms. The summed E-state index contributed by atoms with van der Waals surface area (Å²) in [5.41, 5.74) is 1.18. The van der Waals surface area contributed by atoms with Crippen molar-refractivity contribution in [2.24, 2.45) is 0 Å². The molecule has 0 aliphatic carbocycles. The van der Waals surface area contributed by atoms with Gasteiger partial charge in [0.25, 0.3) is 5.91 Å². The Morgan fingerprint density at radius 2 is 2.43 bits per heavy atom. The molecule has 0 radical (unpaired) electrons. The number of amides is 1. The number of nitrogens with zero attached hydrogens (tertiary/aromatic N) is 1. The Balaban J connectivity index is 2.11. The van der Waals surface area contributed by atoms with Crippen molar-refractivity contribution in [3.63, 3.8) is 0 Å². The van der Waals surface area contributed by atoms with Gasteiger partial charge in [0.05, 0.1) is 8.66 Å². The molecule has 0 spiro atoms. The largest absolute Gasteiger partial charge is 0.334 e. The molecule has 0 N–H and O–H groups in total. The topological polar surface area (TPSA) is 20.3 Å². The monoisotopic (exact) mass is 273 g/mol. The van der Waals surface area contributed by atoms with Crippen molar-refractivity contribution >= 4 is 33.2 Å². The summed E-state index contributed by atoms with van der Waals surface area (Å²) in [6, 6.07) is 2.06. The van der Waals surface area contributed by atoms with Crippen molar-refractivity contribution in [1.82, 2.24) is 4.90 Å². The molecular weight excluding hydrogens is 262 g/mol. The van der Waals surface area contributed by atoms with Crippen LogP contribution in [0.1, 0.15) is 35.0 Å². The van der Waals surface area contributed by atoms with E-state index in [1.165, 1.54) is 5.56 Å². The summed E-state index contributed by atoms with van der Waals surface area (Å²) in [5, 5.41) is 0. The van der Waals surface area contributed by atoms with Gasteiger partial charge in [-0.3, -0.25) is 4.79 Å². The Kier molecular flexibility index (Phi) is 2.93. The molecule has 0 saturated carbocycles. The summed E-state index contributed by atoms with van der Waals surface area (Å²) in [5.74, 6) is 0.212. The molecule has 2 heterocycles. The lowest BCUT2D eigenvalue weighted by Crippen LogP contribution is -2.24. The van der Waals surface area contributed by atoms with Crippen LogP contribution in [0.5, 0.6) is 0 Å². The van der Waals surface area contributed by atoms with Gasteiger partial charge in [0, 0.05) is 13.1 Å². The second-order valence-corrected chi connectivity index (χ2v) is 5.92. The van der Waals surface area contributed by atoms with Crippen molar-refractivity contribution < 1.29 is 4.79 Å². The molecule has 4 heteroatoms. The van der Waals surface area contributed by atoms with Crippen LogP contribution in [0, 0.1) is 0 Å². The van der Waals surface area contributed by atoms with Crippen molar-refractivity contribution in [2.45, 2.75) is 26.3 Å². The Labute approximate surface area is 96.0 Å². The molecular formula is C10H12BrNOS. The van der Waals surface area contributed by atoms with Crippen molar-refractivity contribution in [1.29, 1.82) is 0 Å². The van der Waals surface area contributed by atoms with Gasteiger partial charge in [0.2, 0.25) is 0 Å². The smallest absolute Gasteiger partial charge is 0.264 e. The molecule has 1 aromatic rings. The molecule has 14 heavy (non-hydrogen) atoms. The fourth-order valence-electron chi connectivity index (χ4n) is 1.64. The highest BCUT2D eigenvalue weighted by molar-refractivity contribution is 9.11. The molecule has 1 aliphatic rings. The highest BCUT2D eigenvalue weighted by atomic mass is 79.9. The van der Waals surface area contributed by atoms with Gasteiger partial charge >= 0.3 is 0 Å². The number of unbranched alkanes of at least 4 members (excludes halogenated alkanes) is 1. The minimum Gasteiger partial charge on any atom is -0.334 e. The number of hydrogen-bond donors (Lipinski definition) is 0. The average molecular weight is 274 g/mol. The molecule has 1 amide bonds. The summed E-state index contributed by atoms with van der Waals surface area (Å²) >= 11 is 4.95. The third-order valence-corrected chi connectivity index (χ3v) is 4.07. The van der Waals surface area contributed by atoms with E-state index in [1.54, 1.807) is 11.3 Å². The zero-order chi connectivity index (χ0) is 10.1.